The van der Waals surface area contributed by atoms with E-state index in [1.165, 1.54) is 0 Å². The summed E-state index contributed by atoms with van der Waals surface area (Å²) in [6, 6.07) is 13.6. The summed E-state index contributed by atoms with van der Waals surface area (Å²) in [4.78, 5) is 28.8. The van der Waals surface area contributed by atoms with E-state index in [1.54, 1.807) is 29.2 Å². The molecule has 1 aliphatic rings. The van der Waals surface area contributed by atoms with Crippen molar-refractivity contribution in [3.63, 3.8) is 0 Å². The predicted octanol–water partition coefficient (Wildman–Crippen LogP) is 3.09. The van der Waals surface area contributed by atoms with Gasteiger partial charge < -0.3 is 14.2 Å². The maximum absolute atomic E-state index is 13.0. The smallest absolute Gasteiger partial charge is 0.228 e. The van der Waals surface area contributed by atoms with Crippen LogP contribution in [-0.2, 0) is 22.7 Å². The number of aryl methyl sites for hydroxylation is 1. The van der Waals surface area contributed by atoms with E-state index in [1.807, 2.05) is 54.9 Å². The van der Waals surface area contributed by atoms with Gasteiger partial charge in [0.05, 0.1) is 30.1 Å². The van der Waals surface area contributed by atoms with Gasteiger partial charge in [0.15, 0.2) is 0 Å². The van der Waals surface area contributed by atoms with Crippen LogP contribution in [0.3, 0.4) is 0 Å². The van der Waals surface area contributed by atoms with Crippen LogP contribution in [0.2, 0.25) is 0 Å². The molecule has 3 aromatic rings. The second kappa shape index (κ2) is 8.18. The molecule has 0 bridgehead atoms. The summed E-state index contributed by atoms with van der Waals surface area (Å²) in [7, 11) is 1.79. The van der Waals surface area contributed by atoms with Crippen LogP contribution >= 0.6 is 0 Å². The summed E-state index contributed by atoms with van der Waals surface area (Å²) in [5.74, 6) is 0.366. The highest BCUT2D eigenvalue weighted by Gasteiger charge is 2.36. The van der Waals surface area contributed by atoms with Gasteiger partial charge in [0.1, 0.15) is 5.76 Å². The second-order valence-electron chi connectivity index (χ2n) is 7.85. The number of carbonyl (C=O) groups excluding carboxylic acids is 2. The Balaban J connectivity index is 1.44. The number of hydrogen-bond donors (Lipinski definition) is 0. The van der Waals surface area contributed by atoms with Gasteiger partial charge in [-0.2, -0.15) is 5.10 Å². The average molecular weight is 406 g/mol. The number of nitrogens with zero attached hydrogens (tertiary/aromatic N) is 4. The summed E-state index contributed by atoms with van der Waals surface area (Å²) >= 11 is 0. The van der Waals surface area contributed by atoms with Crippen molar-refractivity contribution in [1.82, 2.24) is 19.6 Å². The minimum atomic E-state index is -0.331. The number of furan rings is 1. The zero-order valence-corrected chi connectivity index (χ0v) is 17.5. The standard InChI is InChI=1S/C23H26N4O3/c1-16-21(17(2)27(24-16)19-8-5-4-6-9-19)15-25(3)23(29)18-12-22(28)26(13-18)14-20-10-7-11-30-20/h4-11,18H,12-15H2,1-3H3/t18-/m1/s1. The van der Waals surface area contributed by atoms with Crippen molar-refractivity contribution < 1.29 is 14.0 Å². The fraction of sp³-hybridized carbons (Fsp3) is 0.348. The van der Waals surface area contributed by atoms with E-state index < -0.39 is 0 Å². The van der Waals surface area contributed by atoms with Crippen LogP contribution in [0.15, 0.2) is 53.1 Å². The van der Waals surface area contributed by atoms with E-state index in [4.69, 9.17) is 4.42 Å². The van der Waals surface area contributed by atoms with Crippen molar-refractivity contribution in [3.05, 3.63) is 71.4 Å². The quantitative estimate of drug-likeness (QED) is 0.631. The Kier molecular flexibility index (Phi) is 5.44. The maximum atomic E-state index is 13.0. The first-order valence-electron chi connectivity index (χ1n) is 10.1. The first-order chi connectivity index (χ1) is 14.4. The molecule has 1 fully saturated rings. The maximum Gasteiger partial charge on any atom is 0.228 e. The second-order valence-corrected chi connectivity index (χ2v) is 7.85. The number of hydrogen-bond acceptors (Lipinski definition) is 4. The molecular formula is C23H26N4O3. The van der Waals surface area contributed by atoms with Gasteiger partial charge >= 0.3 is 0 Å². The number of likely N-dealkylation sites (tertiary alicyclic amines) is 1. The van der Waals surface area contributed by atoms with Gasteiger partial charge in [0.25, 0.3) is 0 Å². The minimum absolute atomic E-state index is 0.0117. The topological polar surface area (TPSA) is 71.6 Å². The van der Waals surface area contributed by atoms with Crippen molar-refractivity contribution >= 4 is 11.8 Å². The Bertz CT molecular complexity index is 1040. The number of carbonyl (C=O) groups is 2. The third-order valence-corrected chi connectivity index (χ3v) is 5.70. The van der Waals surface area contributed by atoms with E-state index in [9.17, 15) is 9.59 Å². The molecular weight excluding hydrogens is 380 g/mol. The fourth-order valence-corrected chi connectivity index (χ4v) is 4.03. The van der Waals surface area contributed by atoms with Gasteiger partial charge in [0, 0.05) is 37.8 Å². The molecule has 1 saturated heterocycles. The molecule has 7 nitrogen and oxygen atoms in total. The van der Waals surface area contributed by atoms with Crippen molar-refractivity contribution in [3.8, 4) is 5.69 Å². The van der Waals surface area contributed by atoms with E-state index in [2.05, 4.69) is 5.10 Å². The third kappa shape index (κ3) is 3.87. The number of para-hydroxylation sites is 1. The Labute approximate surface area is 175 Å². The summed E-state index contributed by atoms with van der Waals surface area (Å²) in [5, 5.41) is 4.66. The molecule has 0 N–H and O–H groups in total. The van der Waals surface area contributed by atoms with Gasteiger partial charge in [-0.25, -0.2) is 4.68 Å². The lowest BCUT2D eigenvalue weighted by molar-refractivity contribution is -0.135. The molecule has 0 unspecified atom stereocenters. The predicted molar refractivity (Wildman–Crippen MR) is 112 cm³/mol. The van der Waals surface area contributed by atoms with Gasteiger partial charge in [-0.15, -0.1) is 0 Å². The molecule has 1 atom stereocenters. The van der Waals surface area contributed by atoms with Crippen LogP contribution < -0.4 is 0 Å². The Morgan fingerprint density at radius 3 is 2.67 bits per heavy atom. The Hall–Kier alpha value is -3.35. The lowest BCUT2D eigenvalue weighted by Gasteiger charge is -2.21. The number of rotatable bonds is 6. The zero-order chi connectivity index (χ0) is 21.3. The largest absolute Gasteiger partial charge is 0.467 e. The molecule has 1 aromatic carbocycles. The van der Waals surface area contributed by atoms with Gasteiger partial charge in [-0.1, -0.05) is 18.2 Å². The van der Waals surface area contributed by atoms with Crippen LogP contribution in [0, 0.1) is 19.8 Å². The molecule has 2 aromatic heterocycles. The molecule has 7 heteroatoms. The van der Waals surface area contributed by atoms with Crippen LogP contribution in [-0.4, -0.2) is 45.0 Å². The highest BCUT2D eigenvalue weighted by Crippen LogP contribution is 2.24. The summed E-state index contributed by atoms with van der Waals surface area (Å²) < 4.78 is 7.24. The van der Waals surface area contributed by atoms with Crippen molar-refractivity contribution in [1.29, 1.82) is 0 Å². The molecule has 156 valence electrons. The van der Waals surface area contributed by atoms with Gasteiger partial charge in [0.2, 0.25) is 11.8 Å². The number of aromatic nitrogens is 2. The third-order valence-electron chi connectivity index (χ3n) is 5.70. The fourth-order valence-electron chi connectivity index (χ4n) is 4.03. The molecule has 1 aliphatic heterocycles. The van der Waals surface area contributed by atoms with E-state index in [-0.39, 0.29) is 24.2 Å². The van der Waals surface area contributed by atoms with Crippen LogP contribution in [0.4, 0.5) is 0 Å². The van der Waals surface area contributed by atoms with E-state index in [0.29, 0.717) is 19.6 Å². The van der Waals surface area contributed by atoms with Crippen LogP contribution in [0.25, 0.3) is 5.69 Å². The SMILES string of the molecule is Cc1nn(-c2ccccc2)c(C)c1CN(C)C(=O)[C@@H]1CC(=O)N(Cc2ccco2)C1. The highest BCUT2D eigenvalue weighted by atomic mass is 16.3. The van der Waals surface area contributed by atoms with Crippen LogP contribution in [0.5, 0.6) is 0 Å². The van der Waals surface area contributed by atoms with E-state index in [0.717, 1.165) is 28.4 Å². The average Bonchev–Trinajstić information content (AvgIpc) is 3.45. The lowest BCUT2D eigenvalue weighted by Crippen LogP contribution is -2.34. The summed E-state index contributed by atoms with van der Waals surface area (Å²) in [6.07, 6.45) is 1.83. The molecule has 0 aliphatic carbocycles. The molecule has 30 heavy (non-hydrogen) atoms. The first kappa shape index (κ1) is 19.9. The Morgan fingerprint density at radius 1 is 1.20 bits per heavy atom. The summed E-state index contributed by atoms with van der Waals surface area (Å²) in [6.45, 7) is 5.27. The molecule has 0 radical (unpaired) electrons. The van der Waals surface area contributed by atoms with Gasteiger partial charge in [-0.3, -0.25) is 9.59 Å². The highest BCUT2D eigenvalue weighted by molar-refractivity contribution is 5.89. The van der Waals surface area contributed by atoms with Gasteiger partial charge in [-0.05, 0) is 38.1 Å². The first-order valence-corrected chi connectivity index (χ1v) is 10.1. The normalized spacial score (nSPS) is 16.3. The minimum Gasteiger partial charge on any atom is -0.467 e. The van der Waals surface area contributed by atoms with E-state index >= 15 is 0 Å². The van der Waals surface area contributed by atoms with Crippen molar-refractivity contribution in [2.75, 3.05) is 13.6 Å². The summed E-state index contributed by atoms with van der Waals surface area (Å²) in [5.41, 5.74) is 3.94. The molecule has 0 saturated carbocycles. The molecule has 4 rings (SSSR count). The van der Waals surface area contributed by atoms with Crippen molar-refractivity contribution in [2.45, 2.75) is 33.4 Å². The molecule has 0 spiro atoms. The molecule has 2 amide bonds. The van der Waals surface area contributed by atoms with Crippen LogP contribution in [0.1, 0.15) is 29.1 Å². The monoisotopic (exact) mass is 406 g/mol. The Morgan fingerprint density at radius 2 is 1.97 bits per heavy atom. The van der Waals surface area contributed by atoms with Crippen molar-refractivity contribution in [2.24, 2.45) is 5.92 Å². The number of benzene rings is 1. The molecule has 3 heterocycles. The lowest BCUT2D eigenvalue weighted by atomic mass is 10.1. The number of amides is 2. The zero-order valence-electron chi connectivity index (χ0n) is 17.5.